The summed E-state index contributed by atoms with van der Waals surface area (Å²) in [5, 5.41) is 0. The Morgan fingerprint density at radius 1 is 1.07 bits per heavy atom. The second kappa shape index (κ2) is 8.90. The lowest BCUT2D eigenvalue weighted by Gasteiger charge is -2.37. The summed E-state index contributed by atoms with van der Waals surface area (Å²) in [6, 6.07) is 8.45. The molecule has 1 aliphatic rings. The molecule has 0 saturated carbocycles. The number of Topliss-reactive ketones (excluding diaryl/α,β-unsaturated/α-hetero) is 1. The monoisotopic (exact) mass is 466 g/mol. The van der Waals surface area contributed by atoms with Crippen molar-refractivity contribution in [3.63, 3.8) is 0 Å². The quantitative estimate of drug-likeness (QED) is 0.623. The molecule has 0 bridgehead atoms. The average molecular weight is 467 g/mol. The van der Waals surface area contributed by atoms with E-state index in [1.54, 1.807) is 24.0 Å². The van der Waals surface area contributed by atoms with Crippen LogP contribution in [0.4, 0.5) is 14.5 Å². The molecular weight excluding hydrogens is 446 g/mol. The van der Waals surface area contributed by atoms with Gasteiger partial charge in [0, 0.05) is 31.7 Å². The number of nitrogens with zero attached hydrogens (tertiary/aromatic N) is 2. The molecule has 0 spiro atoms. The average Bonchev–Trinajstić information content (AvgIpc) is 2.69. The molecule has 2 aromatic rings. The molecule has 29 heavy (non-hydrogen) atoms. The minimum Gasteiger partial charge on any atom is -0.480 e. The van der Waals surface area contributed by atoms with Gasteiger partial charge in [0.1, 0.15) is 17.4 Å². The van der Waals surface area contributed by atoms with Gasteiger partial charge in [-0.1, -0.05) is 0 Å². The highest BCUT2D eigenvalue weighted by Gasteiger charge is 2.27. The standard InChI is InChI=1S/C21H21BrF2N2O3/c1-13(27)15-3-5-19(18(24)11-15)25-7-9-26(10-8-25)21(28)14(2)29-20-6-4-16(23)12-17(20)22/h3-6,11-12,14H,7-10H2,1-2H3. The van der Waals surface area contributed by atoms with Gasteiger partial charge in [-0.25, -0.2) is 8.78 Å². The summed E-state index contributed by atoms with van der Waals surface area (Å²) in [7, 11) is 0. The molecule has 1 aliphatic heterocycles. The van der Waals surface area contributed by atoms with Gasteiger partial charge in [-0.2, -0.15) is 0 Å². The Morgan fingerprint density at radius 2 is 1.76 bits per heavy atom. The Bertz CT molecular complexity index is 930. The van der Waals surface area contributed by atoms with Crippen LogP contribution >= 0.6 is 15.9 Å². The van der Waals surface area contributed by atoms with Crippen LogP contribution in [-0.4, -0.2) is 48.9 Å². The molecule has 0 radical (unpaired) electrons. The molecule has 5 nitrogen and oxygen atoms in total. The van der Waals surface area contributed by atoms with Crippen molar-refractivity contribution in [2.24, 2.45) is 0 Å². The number of anilines is 1. The second-order valence-corrected chi connectivity index (χ2v) is 7.72. The Balaban J connectivity index is 1.60. The number of benzene rings is 2. The van der Waals surface area contributed by atoms with E-state index in [1.807, 2.05) is 4.90 Å². The van der Waals surface area contributed by atoms with E-state index in [4.69, 9.17) is 4.74 Å². The van der Waals surface area contributed by atoms with Crippen molar-refractivity contribution < 1.29 is 23.1 Å². The molecule has 1 fully saturated rings. The number of amides is 1. The van der Waals surface area contributed by atoms with Crippen molar-refractivity contribution in [3.8, 4) is 5.75 Å². The number of rotatable bonds is 5. The zero-order valence-corrected chi connectivity index (χ0v) is 17.7. The third-order valence-electron chi connectivity index (χ3n) is 4.83. The topological polar surface area (TPSA) is 49.9 Å². The molecule has 0 N–H and O–H groups in total. The van der Waals surface area contributed by atoms with Crippen molar-refractivity contribution >= 4 is 33.3 Å². The maximum atomic E-state index is 14.4. The summed E-state index contributed by atoms with van der Waals surface area (Å²) in [6.07, 6.45) is -0.741. The van der Waals surface area contributed by atoms with Crippen LogP contribution in [0.25, 0.3) is 0 Å². The normalized spacial score (nSPS) is 15.2. The first-order valence-corrected chi connectivity index (χ1v) is 10.0. The van der Waals surface area contributed by atoms with Crippen LogP contribution in [0, 0.1) is 11.6 Å². The smallest absolute Gasteiger partial charge is 0.263 e. The highest BCUT2D eigenvalue weighted by atomic mass is 79.9. The molecule has 8 heteroatoms. The molecule has 1 unspecified atom stereocenters. The molecule has 1 atom stereocenters. The zero-order chi connectivity index (χ0) is 21.1. The van der Waals surface area contributed by atoms with Gasteiger partial charge in [0.05, 0.1) is 10.2 Å². The van der Waals surface area contributed by atoms with Crippen LogP contribution < -0.4 is 9.64 Å². The fourth-order valence-electron chi connectivity index (χ4n) is 3.22. The van der Waals surface area contributed by atoms with Gasteiger partial charge in [0.15, 0.2) is 11.9 Å². The van der Waals surface area contributed by atoms with Gasteiger partial charge in [-0.15, -0.1) is 0 Å². The minimum absolute atomic E-state index is 0.187. The molecular formula is C21H21BrF2N2O3. The number of piperazine rings is 1. The first kappa shape index (κ1) is 21.2. The van der Waals surface area contributed by atoms with Gasteiger partial charge in [-0.05, 0) is 66.2 Å². The number of ketones is 1. The van der Waals surface area contributed by atoms with Crippen molar-refractivity contribution in [2.45, 2.75) is 20.0 Å². The predicted octanol–water partition coefficient (Wildman–Crippen LogP) is 4.05. The lowest BCUT2D eigenvalue weighted by Crippen LogP contribution is -2.52. The van der Waals surface area contributed by atoms with Crippen LogP contribution in [0.5, 0.6) is 5.75 Å². The van der Waals surface area contributed by atoms with Crippen molar-refractivity contribution in [3.05, 3.63) is 58.1 Å². The predicted molar refractivity (Wildman–Crippen MR) is 109 cm³/mol. The van der Waals surface area contributed by atoms with E-state index in [0.717, 1.165) is 0 Å². The van der Waals surface area contributed by atoms with Crippen molar-refractivity contribution in [1.82, 2.24) is 4.90 Å². The van der Waals surface area contributed by atoms with E-state index in [1.165, 1.54) is 31.2 Å². The summed E-state index contributed by atoms with van der Waals surface area (Å²) in [5.41, 5.74) is 0.750. The number of ether oxygens (including phenoxy) is 1. The summed E-state index contributed by atoms with van der Waals surface area (Å²) < 4.78 is 33.7. The van der Waals surface area contributed by atoms with Gasteiger partial charge >= 0.3 is 0 Å². The summed E-state index contributed by atoms with van der Waals surface area (Å²) in [4.78, 5) is 27.6. The number of carbonyl (C=O) groups is 2. The highest BCUT2D eigenvalue weighted by Crippen LogP contribution is 2.27. The molecule has 3 rings (SSSR count). The Labute approximate surface area is 176 Å². The first-order valence-electron chi connectivity index (χ1n) is 9.22. The maximum Gasteiger partial charge on any atom is 0.263 e. The molecule has 154 valence electrons. The van der Waals surface area contributed by atoms with E-state index < -0.39 is 17.7 Å². The van der Waals surface area contributed by atoms with E-state index in [-0.39, 0.29) is 11.7 Å². The van der Waals surface area contributed by atoms with Crippen LogP contribution in [0.15, 0.2) is 40.9 Å². The number of hydrogen-bond donors (Lipinski definition) is 0. The fourth-order valence-corrected chi connectivity index (χ4v) is 3.66. The number of carbonyl (C=O) groups excluding carboxylic acids is 2. The van der Waals surface area contributed by atoms with Crippen LogP contribution in [0.3, 0.4) is 0 Å². The SMILES string of the molecule is CC(=O)c1ccc(N2CCN(C(=O)C(C)Oc3ccc(F)cc3Br)CC2)c(F)c1. The molecule has 1 saturated heterocycles. The molecule has 0 aliphatic carbocycles. The fraction of sp³-hybridized carbons (Fsp3) is 0.333. The number of halogens is 3. The zero-order valence-electron chi connectivity index (χ0n) is 16.1. The lowest BCUT2D eigenvalue weighted by atomic mass is 10.1. The van der Waals surface area contributed by atoms with E-state index >= 15 is 0 Å². The summed E-state index contributed by atoms with van der Waals surface area (Å²) >= 11 is 3.22. The Hall–Kier alpha value is -2.48. The van der Waals surface area contributed by atoms with E-state index in [0.29, 0.717) is 47.7 Å². The van der Waals surface area contributed by atoms with E-state index in [2.05, 4.69) is 15.9 Å². The van der Waals surface area contributed by atoms with Gasteiger partial charge in [0.25, 0.3) is 5.91 Å². The van der Waals surface area contributed by atoms with Gasteiger partial charge in [0.2, 0.25) is 0 Å². The Morgan fingerprint density at radius 3 is 2.34 bits per heavy atom. The highest BCUT2D eigenvalue weighted by molar-refractivity contribution is 9.10. The number of hydrogen-bond acceptors (Lipinski definition) is 4. The van der Waals surface area contributed by atoms with E-state index in [9.17, 15) is 18.4 Å². The van der Waals surface area contributed by atoms with Gasteiger partial charge in [-0.3, -0.25) is 9.59 Å². The van der Waals surface area contributed by atoms with Crippen molar-refractivity contribution in [1.29, 1.82) is 0 Å². The first-order chi connectivity index (χ1) is 13.8. The summed E-state index contributed by atoms with van der Waals surface area (Å²) in [6.45, 7) is 4.82. The third kappa shape index (κ3) is 4.93. The van der Waals surface area contributed by atoms with Crippen LogP contribution in [0.2, 0.25) is 0 Å². The molecule has 1 amide bonds. The molecule has 0 aromatic heterocycles. The second-order valence-electron chi connectivity index (χ2n) is 6.87. The minimum atomic E-state index is -0.741. The summed E-state index contributed by atoms with van der Waals surface area (Å²) in [5.74, 6) is -0.835. The maximum absolute atomic E-state index is 14.4. The third-order valence-corrected chi connectivity index (χ3v) is 5.45. The van der Waals surface area contributed by atoms with Crippen molar-refractivity contribution in [2.75, 3.05) is 31.1 Å². The molecule has 2 aromatic carbocycles. The van der Waals surface area contributed by atoms with Gasteiger partial charge < -0.3 is 14.5 Å². The van der Waals surface area contributed by atoms with Crippen LogP contribution in [-0.2, 0) is 4.79 Å². The molecule has 1 heterocycles. The van der Waals surface area contributed by atoms with Crippen LogP contribution in [0.1, 0.15) is 24.2 Å². The Kier molecular flexibility index (Phi) is 6.52. The lowest BCUT2D eigenvalue weighted by molar-refractivity contribution is -0.138. The largest absolute Gasteiger partial charge is 0.480 e.